The summed E-state index contributed by atoms with van der Waals surface area (Å²) >= 11 is 0. The summed E-state index contributed by atoms with van der Waals surface area (Å²) in [5.74, 6) is 0. The number of para-hydroxylation sites is 1. The number of nitriles is 1. The summed E-state index contributed by atoms with van der Waals surface area (Å²) in [4.78, 5) is 0. The maximum atomic E-state index is 9.81. The second kappa shape index (κ2) is 6.39. The Kier molecular flexibility index (Phi) is 5.16. The normalized spacial score (nSPS) is 13.9. The molecule has 0 radical (unpaired) electrons. The smallest absolute Gasteiger partial charge is 0.161 e. The summed E-state index contributed by atoms with van der Waals surface area (Å²) in [7, 11) is -3.04. The van der Waals surface area contributed by atoms with Gasteiger partial charge in [-0.25, -0.2) is 0 Å². The van der Waals surface area contributed by atoms with Crippen molar-refractivity contribution >= 4 is 27.2 Å². The third-order valence-corrected chi connectivity index (χ3v) is 12.7. The lowest BCUT2D eigenvalue weighted by Crippen LogP contribution is -2.45. The quantitative estimate of drug-likeness (QED) is 0.538. The zero-order valence-electron chi connectivity index (χ0n) is 18.4. The highest BCUT2D eigenvalue weighted by Crippen LogP contribution is 2.42. The monoisotopic (exact) mass is 384 g/mol. The second-order valence-corrected chi connectivity index (χ2v) is 21.6. The lowest BCUT2D eigenvalue weighted by atomic mass is 9.85. The molecule has 142 valence electrons. The van der Waals surface area contributed by atoms with Gasteiger partial charge in [0.05, 0.1) is 11.5 Å². The molecular weight excluding hydrogens is 348 g/mol. The van der Waals surface area contributed by atoms with Crippen LogP contribution < -0.4 is 0 Å². The van der Waals surface area contributed by atoms with Gasteiger partial charge in [0.25, 0.3) is 0 Å². The molecule has 2 aromatic rings. The van der Waals surface area contributed by atoms with E-state index in [0.717, 1.165) is 0 Å². The van der Waals surface area contributed by atoms with E-state index in [-0.39, 0.29) is 5.04 Å². The summed E-state index contributed by atoms with van der Waals surface area (Å²) < 4.78 is 2.60. The largest absolute Gasteiger partial charge is 0.373 e. The van der Waals surface area contributed by atoms with Crippen LogP contribution >= 0.6 is 0 Å². The number of nitrogens with zero attached hydrogens (tertiary/aromatic N) is 2. The Balaban J connectivity index is 2.94. The Bertz CT molecular complexity index is 853. The van der Waals surface area contributed by atoms with Crippen molar-refractivity contribution in [2.24, 2.45) is 0 Å². The maximum absolute atomic E-state index is 9.81. The number of hydrogen-bond acceptors (Lipinski definition) is 1. The van der Waals surface area contributed by atoms with Crippen LogP contribution in [-0.4, -0.2) is 20.5 Å². The lowest BCUT2D eigenvalue weighted by molar-refractivity contribution is 0.684. The molecule has 0 N–H and O–H groups in total. The van der Waals surface area contributed by atoms with Crippen molar-refractivity contribution in [3.63, 3.8) is 0 Å². The lowest BCUT2D eigenvalue weighted by Gasteiger charge is -2.39. The minimum absolute atomic E-state index is 0.235. The minimum Gasteiger partial charge on any atom is -0.373 e. The minimum atomic E-state index is -1.80. The van der Waals surface area contributed by atoms with Crippen LogP contribution in [-0.2, 0) is 11.5 Å². The summed E-state index contributed by atoms with van der Waals surface area (Å²) in [6.07, 6.45) is 2.44. The van der Waals surface area contributed by atoms with E-state index < -0.39 is 21.7 Å². The third kappa shape index (κ3) is 3.70. The summed E-state index contributed by atoms with van der Waals surface area (Å²) in [6, 6.07) is 10.3. The van der Waals surface area contributed by atoms with Gasteiger partial charge in [-0.05, 0) is 42.3 Å². The van der Waals surface area contributed by atoms with Crippen LogP contribution in [0.3, 0.4) is 0 Å². The molecule has 2 rings (SSSR count). The first kappa shape index (κ1) is 21.0. The van der Waals surface area contributed by atoms with Crippen molar-refractivity contribution in [1.82, 2.24) is 4.23 Å². The molecule has 0 fully saturated rings. The molecule has 1 aromatic carbocycles. The predicted molar refractivity (Wildman–Crippen MR) is 120 cm³/mol. The van der Waals surface area contributed by atoms with Crippen molar-refractivity contribution in [2.75, 3.05) is 0 Å². The first-order valence-electron chi connectivity index (χ1n) is 9.67. The number of fused-ring (bicyclic) bond motifs is 1. The van der Waals surface area contributed by atoms with Gasteiger partial charge in [-0.15, -0.1) is 0 Å². The fourth-order valence-electron chi connectivity index (χ4n) is 3.43. The van der Waals surface area contributed by atoms with E-state index in [1.165, 1.54) is 28.1 Å². The first-order chi connectivity index (χ1) is 11.6. The van der Waals surface area contributed by atoms with E-state index in [9.17, 15) is 5.26 Å². The van der Waals surface area contributed by atoms with Crippen LogP contribution in [0.4, 0.5) is 0 Å². The van der Waals surface area contributed by atoms with Crippen LogP contribution in [0.2, 0.25) is 37.8 Å². The Hall–Kier alpha value is -1.32. The maximum Gasteiger partial charge on any atom is 0.161 e. The van der Waals surface area contributed by atoms with Crippen molar-refractivity contribution in [1.29, 1.82) is 5.26 Å². The van der Waals surface area contributed by atoms with Crippen molar-refractivity contribution in [2.45, 2.75) is 83.9 Å². The fourth-order valence-corrected chi connectivity index (χ4v) is 6.86. The van der Waals surface area contributed by atoms with Crippen LogP contribution in [0.1, 0.15) is 45.7 Å². The number of rotatable bonds is 4. The fraction of sp³-hybridized carbons (Fsp3) is 0.591. The van der Waals surface area contributed by atoms with E-state index in [4.69, 9.17) is 0 Å². The molecule has 1 aromatic heterocycles. The molecule has 0 aliphatic heterocycles. The van der Waals surface area contributed by atoms with Gasteiger partial charge in [0.1, 0.15) is 0 Å². The van der Waals surface area contributed by atoms with E-state index in [1.807, 2.05) is 13.8 Å². The number of hydrogen-bond donors (Lipinski definition) is 0. The predicted octanol–water partition coefficient (Wildman–Crippen LogP) is 6.72. The van der Waals surface area contributed by atoms with Crippen LogP contribution in [0.5, 0.6) is 0 Å². The van der Waals surface area contributed by atoms with Gasteiger partial charge in [-0.3, -0.25) is 0 Å². The SMILES string of the molecule is CC(C)(C#N)c1cccc2c(C[Si](C)(C)C)cn([Si](C)(C)C(C)(C)C)c12. The Morgan fingerprint density at radius 2 is 1.58 bits per heavy atom. The standard InChI is InChI=1S/C22H36N2Si2/c1-21(2,3)26(9,10)24-14-17(15-25(6,7)8)18-12-11-13-19(20(18)24)22(4,5)16-23/h11-14H,15H2,1-10H3. The summed E-state index contributed by atoms with van der Waals surface area (Å²) in [5, 5.41) is 11.4. The van der Waals surface area contributed by atoms with Crippen LogP contribution in [0, 0.1) is 11.3 Å². The second-order valence-electron chi connectivity index (χ2n) is 11.0. The average molecular weight is 385 g/mol. The third-order valence-electron chi connectivity index (χ3n) is 6.02. The summed E-state index contributed by atoms with van der Waals surface area (Å²) in [5.41, 5.74) is 3.46. The van der Waals surface area contributed by atoms with E-state index in [0.29, 0.717) is 0 Å². The highest BCUT2D eigenvalue weighted by atomic mass is 28.3. The highest BCUT2D eigenvalue weighted by molar-refractivity contribution is 6.79. The molecule has 2 nitrogen and oxygen atoms in total. The molecule has 0 amide bonds. The highest BCUT2D eigenvalue weighted by Gasteiger charge is 2.40. The molecule has 0 aliphatic rings. The Morgan fingerprint density at radius 1 is 1.00 bits per heavy atom. The van der Waals surface area contributed by atoms with E-state index >= 15 is 0 Å². The Labute approximate surface area is 162 Å². The van der Waals surface area contributed by atoms with Crippen molar-refractivity contribution in [3.05, 3.63) is 35.5 Å². The molecule has 0 atom stereocenters. The zero-order chi connectivity index (χ0) is 20.1. The van der Waals surface area contributed by atoms with Gasteiger partial charge in [-0.2, -0.15) is 5.26 Å². The molecule has 4 heteroatoms. The van der Waals surface area contributed by atoms with Gasteiger partial charge in [-0.1, -0.05) is 71.7 Å². The molecule has 0 saturated carbocycles. The van der Waals surface area contributed by atoms with Crippen molar-refractivity contribution in [3.8, 4) is 6.07 Å². The molecule has 0 aliphatic carbocycles. The zero-order valence-corrected chi connectivity index (χ0v) is 20.4. The van der Waals surface area contributed by atoms with E-state index in [1.54, 1.807) is 0 Å². The van der Waals surface area contributed by atoms with Gasteiger partial charge in [0.15, 0.2) is 8.24 Å². The Morgan fingerprint density at radius 3 is 2.04 bits per heavy atom. The molecular formula is C22H36N2Si2. The van der Waals surface area contributed by atoms with Crippen LogP contribution in [0.25, 0.3) is 10.9 Å². The average Bonchev–Trinajstić information content (AvgIpc) is 2.83. The molecule has 0 unspecified atom stereocenters. The topological polar surface area (TPSA) is 28.7 Å². The number of benzene rings is 1. The molecule has 0 saturated heterocycles. The molecule has 1 heterocycles. The summed E-state index contributed by atoms with van der Waals surface area (Å²) in [6.45, 7) is 23.4. The molecule has 26 heavy (non-hydrogen) atoms. The molecule has 0 spiro atoms. The number of aromatic nitrogens is 1. The van der Waals surface area contributed by atoms with Crippen LogP contribution in [0.15, 0.2) is 24.4 Å². The van der Waals surface area contributed by atoms with Gasteiger partial charge in [0, 0.05) is 19.0 Å². The first-order valence-corrected chi connectivity index (χ1v) is 16.3. The van der Waals surface area contributed by atoms with Gasteiger partial charge < -0.3 is 4.23 Å². The molecule has 0 bridgehead atoms. The van der Waals surface area contributed by atoms with Crippen molar-refractivity contribution < 1.29 is 0 Å². The van der Waals surface area contributed by atoms with Gasteiger partial charge in [0.2, 0.25) is 0 Å². The van der Waals surface area contributed by atoms with E-state index in [2.05, 4.69) is 88.2 Å². The van der Waals surface area contributed by atoms with Gasteiger partial charge >= 0.3 is 0 Å².